The Labute approximate surface area is 111 Å². The summed E-state index contributed by atoms with van der Waals surface area (Å²) in [5.41, 5.74) is 0.900. The van der Waals surface area contributed by atoms with E-state index in [0.29, 0.717) is 11.1 Å². The molecule has 0 atom stereocenters. The number of carbonyl (C=O) groups excluding carboxylic acids is 1. The van der Waals surface area contributed by atoms with Gasteiger partial charge in [0.15, 0.2) is 5.78 Å². The van der Waals surface area contributed by atoms with Crippen molar-refractivity contribution in [2.75, 3.05) is 0 Å². The van der Waals surface area contributed by atoms with Gasteiger partial charge in [-0.1, -0.05) is 39.7 Å². The van der Waals surface area contributed by atoms with Crippen LogP contribution in [0.4, 0.5) is 4.39 Å². The topological polar surface area (TPSA) is 17.1 Å². The van der Waals surface area contributed by atoms with Gasteiger partial charge < -0.3 is 0 Å². The summed E-state index contributed by atoms with van der Waals surface area (Å²) in [4.78, 5) is 12.1. The minimum Gasteiger partial charge on any atom is -0.289 e. The van der Waals surface area contributed by atoms with E-state index in [1.807, 2.05) is 6.07 Å². The Balaban J connectivity index is 2.40. The van der Waals surface area contributed by atoms with Crippen molar-refractivity contribution in [1.82, 2.24) is 0 Å². The van der Waals surface area contributed by atoms with Gasteiger partial charge >= 0.3 is 0 Å². The molecule has 0 heterocycles. The molecule has 0 aliphatic heterocycles. The molecule has 0 aliphatic carbocycles. The normalized spacial score (nSPS) is 10.3. The Morgan fingerprint density at radius 3 is 2.47 bits per heavy atom. The smallest absolute Gasteiger partial charge is 0.193 e. The number of ketones is 1. The van der Waals surface area contributed by atoms with Crippen molar-refractivity contribution in [2.45, 2.75) is 0 Å². The maximum atomic E-state index is 13.0. The Morgan fingerprint density at radius 2 is 1.82 bits per heavy atom. The Morgan fingerprint density at radius 1 is 1.12 bits per heavy atom. The van der Waals surface area contributed by atoms with E-state index in [9.17, 15) is 9.18 Å². The molecule has 0 saturated heterocycles. The summed E-state index contributed by atoms with van der Waals surface area (Å²) in [7, 11) is 0. The van der Waals surface area contributed by atoms with Gasteiger partial charge in [-0.15, -0.1) is 0 Å². The fourth-order valence-electron chi connectivity index (χ4n) is 1.43. The predicted octanol–water partition coefficient (Wildman–Crippen LogP) is 4.47. The predicted molar refractivity (Wildman–Crippen MR) is 69.0 cm³/mol. The molecule has 0 unspecified atom stereocenters. The van der Waals surface area contributed by atoms with Crippen LogP contribution < -0.4 is 0 Å². The highest BCUT2D eigenvalue weighted by Gasteiger charge is 2.11. The van der Waals surface area contributed by atoms with Gasteiger partial charge in [0.2, 0.25) is 0 Å². The number of hydrogen-bond acceptors (Lipinski definition) is 1. The van der Waals surface area contributed by atoms with Crippen LogP contribution >= 0.6 is 27.5 Å². The van der Waals surface area contributed by atoms with Crippen LogP contribution in [0.2, 0.25) is 5.02 Å². The van der Waals surface area contributed by atoms with Crippen LogP contribution in [0, 0.1) is 5.82 Å². The minimum atomic E-state index is -0.530. The summed E-state index contributed by atoms with van der Waals surface area (Å²) in [6.07, 6.45) is 0. The first kappa shape index (κ1) is 12.3. The average molecular weight is 314 g/mol. The molecule has 0 spiro atoms. The zero-order chi connectivity index (χ0) is 12.4. The number of benzene rings is 2. The zero-order valence-corrected chi connectivity index (χ0v) is 10.9. The van der Waals surface area contributed by atoms with Gasteiger partial charge in [0, 0.05) is 15.6 Å². The highest BCUT2D eigenvalue weighted by molar-refractivity contribution is 9.10. The van der Waals surface area contributed by atoms with Crippen LogP contribution in [0.25, 0.3) is 0 Å². The third-order valence-corrected chi connectivity index (χ3v) is 3.05. The van der Waals surface area contributed by atoms with E-state index in [1.54, 1.807) is 18.2 Å². The van der Waals surface area contributed by atoms with Crippen molar-refractivity contribution in [1.29, 1.82) is 0 Å². The molecule has 0 radical (unpaired) electrons. The van der Waals surface area contributed by atoms with Gasteiger partial charge in [0.25, 0.3) is 0 Å². The molecule has 0 aromatic heterocycles. The summed E-state index contributed by atoms with van der Waals surface area (Å²) in [5.74, 6) is -0.717. The maximum Gasteiger partial charge on any atom is 0.193 e. The van der Waals surface area contributed by atoms with Gasteiger partial charge in [0.1, 0.15) is 5.82 Å². The molecular formula is C13H7BrClFO. The molecule has 4 heteroatoms. The van der Waals surface area contributed by atoms with Gasteiger partial charge in [0.05, 0.1) is 5.02 Å². The lowest BCUT2D eigenvalue weighted by Gasteiger charge is -2.03. The fraction of sp³-hybridized carbons (Fsp3) is 0. The van der Waals surface area contributed by atoms with Crippen LogP contribution in [0.1, 0.15) is 15.9 Å². The van der Waals surface area contributed by atoms with E-state index in [4.69, 9.17) is 11.6 Å². The van der Waals surface area contributed by atoms with Crippen molar-refractivity contribution in [3.63, 3.8) is 0 Å². The molecule has 0 N–H and O–H groups in total. The molecule has 1 nitrogen and oxygen atoms in total. The largest absolute Gasteiger partial charge is 0.289 e. The van der Waals surface area contributed by atoms with Crippen molar-refractivity contribution < 1.29 is 9.18 Å². The van der Waals surface area contributed by atoms with Crippen LogP contribution in [0.15, 0.2) is 46.9 Å². The Hall–Kier alpha value is -1.19. The molecular weight excluding hydrogens is 306 g/mol. The summed E-state index contributed by atoms with van der Waals surface area (Å²) in [5, 5.41) is -0.0501. The molecule has 0 fully saturated rings. The van der Waals surface area contributed by atoms with Crippen LogP contribution in [-0.4, -0.2) is 5.78 Å². The van der Waals surface area contributed by atoms with Crippen molar-refractivity contribution in [2.24, 2.45) is 0 Å². The Bertz CT molecular complexity index is 583. The first-order valence-electron chi connectivity index (χ1n) is 4.83. The third-order valence-electron chi connectivity index (χ3n) is 2.27. The minimum absolute atomic E-state index is 0.0501. The first-order valence-corrected chi connectivity index (χ1v) is 6.00. The van der Waals surface area contributed by atoms with Gasteiger partial charge in [-0.25, -0.2) is 4.39 Å². The van der Waals surface area contributed by atoms with Gasteiger partial charge in [-0.2, -0.15) is 0 Å². The van der Waals surface area contributed by atoms with E-state index in [2.05, 4.69) is 15.9 Å². The van der Waals surface area contributed by atoms with E-state index in [1.165, 1.54) is 18.2 Å². The summed E-state index contributed by atoms with van der Waals surface area (Å²) < 4.78 is 13.8. The third kappa shape index (κ3) is 2.73. The van der Waals surface area contributed by atoms with Crippen LogP contribution in [0.5, 0.6) is 0 Å². The summed E-state index contributed by atoms with van der Waals surface area (Å²) in [6.45, 7) is 0. The second kappa shape index (κ2) is 4.98. The number of hydrogen-bond donors (Lipinski definition) is 0. The molecule has 0 saturated carbocycles. The van der Waals surface area contributed by atoms with E-state index in [-0.39, 0.29) is 10.8 Å². The number of carbonyl (C=O) groups is 1. The SMILES string of the molecule is O=C(c1cccc(Br)c1)c1ccc(F)c(Cl)c1. The van der Waals surface area contributed by atoms with Crippen LogP contribution in [0.3, 0.4) is 0 Å². The standard InChI is InChI=1S/C13H7BrClFO/c14-10-3-1-2-8(6-10)13(17)9-4-5-12(16)11(15)7-9/h1-7H. The molecule has 0 aliphatic rings. The molecule has 17 heavy (non-hydrogen) atoms. The van der Waals surface area contributed by atoms with E-state index in [0.717, 1.165) is 4.47 Å². The second-order valence-corrected chi connectivity index (χ2v) is 4.79. The van der Waals surface area contributed by atoms with E-state index < -0.39 is 5.82 Å². The van der Waals surface area contributed by atoms with Crippen molar-refractivity contribution >= 4 is 33.3 Å². The van der Waals surface area contributed by atoms with E-state index >= 15 is 0 Å². The second-order valence-electron chi connectivity index (χ2n) is 3.47. The fourth-order valence-corrected chi connectivity index (χ4v) is 2.01. The quantitative estimate of drug-likeness (QED) is 0.748. The zero-order valence-electron chi connectivity index (χ0n) is 8.58. The number of halogens is 3. The van der Waals surface area contributed by atoms with Crippen molar-refractivity contribution in [3.8, 4) is 0 Å². The highest BCUT2D eigenvalue weighted by Crippen LogP contribution is 2.20. The first-order chi connectivity index (χ1) is 8.08. The highest BCUT2D eigenvalue weighted by atomic mass is 79.9. The molecule has 2 aromatic rings. The molecule has 86 valence electrons. The lowest BCUT2D eigenvalue weighted by molar-refractivity contribution is 0.103. The lowest BCUT2D eigenvalue weighted by Crippen LogP contribution is -2.01. The van der Waals surface area contributed by atoms with Crippen molar-refractivity contribution in [3.05, 3.63) is 68.9 Å². The molecule has 0 amide bonds. The average Bonchev–Trinajstić information content (AvgIpc) is 2.32. The van der Waals surface area contributed by atoms with Crippen LogP contribution in [-0.2, 0) is 0 Å². The summed E-state index contributed by atoms with van der Waals surface area (Å²) >= 11 is 8.93. The maximum absolute atomic E-state index is 13.0. The van der Waals surface area contributed by atoms with Gasteiger partial charge in [-0.05, 0) is 30.3 Å². The molecule has 2 rings (SSSR count). The van der Waals surface area contributed by atoms with Gasteiger partial charge in [-0.3, -0.25) is 4.79 Å². The monoisotopic (exact) mass is 312 g/mol. The molecule has 0 bridgehead atoms. The molecule has 2 aromatic carbocycles. The summed E-state index contributed by atoms with van der Waals surface area (Å²) in [6, 6.07) is 10.9. The number of rotatable bonds is 2. The Kier molecular flexibility index (Phi) is 3.60. The lowest BCUT2D eigenvalue weighted by atomic mass is 10.0.